The summed E-state index contributed by atoms with van der Waals surface area (Å²) in [6.07, 6.45) is 4.03. The predicted octanol–water partition coefficient (Wildman–Crippen LogP) is 2.78. The van der Waals surface area contributed by atoms with Gasteiger partial charge in [0, 0.05) is 42.0 Å². The van der Waals surface area contributed by atoms with Crippen molar-refractivity contribution in [3.63, 3.8) is 0 Å². The van der Waals surface area contributed by atoms with Crippen molar-refractivity contribution >= 4 is 11.8 Å². The second-order valence-corrected chi connectivity index (χ2v) is 5.21. The molecule has 1 heterocycles. The molecular formula is C14H19N3S. The number of hydrogen-bond donors (Lipinski definition) is 1. The molecule has 0 saturated heterocycles. The number of hydrogen-bond acceptors (Lipinski definition) is 3. The number of thioether (sulfide) groups is 1. The summed E-state index contributed by atoms with van der Waals surface area (Å²) in [6.45, 7) is 4.94. The van der Waals surface area contributed by atoms with Crippen molar-refractivity contribution in [1.82, 2.24) is 15.1 Å². The zero-order valence-electron chi connectivity index (χ0n) is 10.7. The second-order valence-electron chi connectivity index (χ2n) is 4.04. The maximum atomic E-state index is 4.25. The Bertz CT molecular complexity index is 453. The zero-order chi connectivity index (χ0) is 12.6. The minimum atomic E-state index is 0.898. The highest BCUT2D eigenvalue weighted by atomic mass is 32.2. The van der Waals surface area contributed by atoms with Gasteiger partial charge in [0.25, 0.3) is 0 Å². The van der Waals surface area contributed by atoms with Gasteiger partial charge >= 0.3 is 0 Å². The molecule has 0 amide bonds. The molecule has 0 saturated carbocycles. The molecule has 1 N–H and O–H groups in total. The Balaban J connectivity index is 1.61. The maximum Gasteiger partial charge on any atom is 0.0534 e. The molecular weight excluding hydrogens is 242 g/mol. The molecule has 0 aliphatic heterocycles. The van der Waals surface area contributed by atoms with Crippen LogP contribution in [0, 0.1) is 0 Å². The Morgan fingerprint density at radius 2 is 2.11 bits per heavy atom. The summed E-state index contributed by atoms with van der Waals surface area (Å²) in [6, 6.07) is 10.5. The van der Waals surface area contributed by atoms with Gasteiger partial charge in [0.2, 0.25) is 0 Å². The lowest BCUT2D eigenvalue weighted by Crippen LogP contribution is -2.16. The van der Waals surface area contributed by atoms with Crippen LogP contribution in [0.2, 0.25) is 0 Å². The summed E-state index contributed by atoms with van der Waals surface area (Å²) in [7, 11) is 0. The molecule has 0 bridgehead atoms. The Kier molecular flexibility index (Phi) is 5.30. The lowest BCUT2D eigenvalue weighted by atomic mass is 10.3. The van der Waals surface area contributed by atoms with Gasteiger partial charge in [-0.15, -0.1) is 11.8 Å². The molecule has 1 aromatic heterocycles. The molecule has 1 aromatic carbocycles. The van der Waals surface area contributed by atoms with Crippen molar-refractivity contribution in [1.29, 1.82) is 0 Å². The first kappa shape index (κ1) is 13.2. The maximum absolute atomic E-state index is 4.25. The van der Waals surface area contributed by atoms with Crippen molar-refractivity contribution in [3.05, 3.63) is 48.3 Å². The van der Waals surface area contributed by atoms with Gasteiger partial charge in [0.15, 0.2) is 0 Å². The third kappa shape index (κ3) is 4.20. The summed E-state index contributed by atoms with van der Waals surface area (Å²) >= 11 is 1.88. The van der Waals surface area contributed by atoms with E-state index in [0.29, 0.717) is 0 Å². The van der Waals surface area contributed by atoms with E-state index in [4.69, 9.17) is 0 Å². The molecule has 3 nitrogen and oxygen atoms in total. The van der Waals surface area contributed by atoms with E-state index >= 15 is 0 Å². The first-order chi connectivity index (χ1) is 8.88. The summed E-state index contributed by atoms with van der Waals surface area (Å²) in [5, 5.41) is 7.69. The number of aromatic nitrogens is 2. The van der Waals surface area contributed by atoms with Crippen LogP contribution in [-0.4, -0.2) is 22.1 Å². The van der Waals surface area contributed by atoms with E-state index < -0.39 is 0 Å². The topological polar surface area (TPSA) is 29.9 Å². The molecule has 0 fully saturated rings. The van der Waals surface area contributed by atoms with Crippen molar-refractivity contribution in [2.24, 2.45) is 0 Å². The molecule has 0 atom stereocenters. The van der Waals surface area contributed by atoms with Crippen LogP contribution in [0.3, 0.4) is 0 Å². The largest absolute Gasteiger partial charge is 0.312 e. The fourth-order valence-corrected chi connectivity index (χ4v) is 2.49. The van der Waals surface area contributed by atoms with Gasteiger partial charge < -0.3 is 5.32 Å². The summed E-state index contributed by atoms with van der Waals surface area (Å²) in [5.41, 5.74) is 1.25. The molecule has 0 spiro atoms. The molecule has 2 aromatic rings. The van der Waals surface area contributed by atoms with E-state index in [-0.39, 0.29) is 0 Å². The van der Waals surface area contributed by atoms with Crippen molar-refractivity contribution in [2.45, 2.75) is 24.9 Å². The fourth-order valence-electron chi connectivity index (χ4n) is 1.66. The quantitative estimate of drug-likeness (QED) is 0.614. The van der Waals surface area contributed by atoms with E-state index in [1.165, 1.54) is 10.5 Å². The van der Waals surface area contributed by atoms with Crippen LogP contribution in [0.25, 0.3) is 0 Å². The van der Waals surface area contributed by atoms with Gasteiger partial charge in [-0.05, 0) is 19.1 Å². The summed E-state index contributed by atoms with van der Waals surface area (Å²) in [4.78, 5) is 1.33. The van der Waals surface area contributed by atoms with Gasteiger partial charge in [-0.2, -0.15) is 5.10 Å². The molecule has 4 heteroatoms. The first-order valence-corrected chi connectivity index (χ1v) is 7.27. The number of benzene rings is 1. The van der Waals surface area contributed by atoms with E-state index in [0.717, 1.165) is 25.4 Å². The van der Waals surface area contributed by atoms with Crippen molar-refractivity contribution in [3.8, 4) is 0 Å². The monoisotopic (exact) mass is 261 g/mol. The smallest absolute Gasteiger partial charge is 0.0534 e. The summed E-state index contributed by atoms with van der Waals surface area (Å²) in [5.74, 6) is 1.09. The average molecular weight is 261 g/mol. The van der Waals surface area contributed by atoms with E-state index in [9.17, 15) is 0 Å². The highest BCUT2D eigenvalue weighted by Gasteiger charge is 1.97. The van der Waals surface area contributed by atoms with E-state index in [1.807, 2.05) is 28.7 Å². The van der Waals surface area contributed by atoms with Crippen LogP contribution in [0.1, 0.15) is 12.5 Å². The van der Waals surface area contributed by atoms with Gasteiger partial charge in [-0.25, -0.2) is 0 Å². The van der Waals surface area contributed by atoms with Gasteiger partial charge in [0.05, 0.1) is 6.20 Å². The van der Waals surface area contributed by atoms with Crippen molar-refractivity contribution in [2.75, 3.05) is 12.3 Å². The molecule has 96 valence electrons. The van der Waals surface area contributed by atoms with Crippen LogP contribution in [-0.2, 0) is 13.1 Å². The molecule has 0 aliphatic carbocycles. The lowest BCUT2D eigenvalue weighted by molar-refractivity contribution is 0.657. The number of nitrogens with one attached hydrogen (secondary N) is 1. The second kappa shape index (κ2) is 7.24. The van der Waals surface area contributed by atoms with E-state index in [1.54, 1.807) is 0 Å². The fraction of sp³-hybridized carbons (Fsp3) is 0.357. The Morgan fingerprint density at radius 3 is 2.83 bits per heavy atom. The zero-order valence-corrected chi connectivity index (χ0v) is 11.5. The van der Waals surface area contributed by atoms with E-state index in [2.05, 4.69) is 47.8 Å². The molecule has 0 unspecified atom stereocenters. The van der Waals surface area contributed by atoms with Gasteiger partial charge in [-0.3, -0.25) is 4.68 Å². The predicted molar refractivity (Wildman–Crippen MR) is 76.8 cm³/mol. The van der Waals surface area contributed by atoms with Gasteiger partial charge in [-0.1, -0.05) is 18.2 Å². The molecule has 0 aliphatic rings. The minimum absolute atomic E-state index is 0.898. The third-order valence-electron chi connectivity index (χ3n) is 2.63. The van der Waals surface area contributed by atoms with Crippen LogP contribution in [0.15, 0.2) is 47.6 Å². The SMILES string of the molecule is CCn1cc(CNCCSc2ccccc2)cn1. The number of rotatable bonds is 7. The Labute approximate surface area is 113 Å². The standard InChI is InChI=1S/C14H19N3S/c1-2-17-12-13(11-16-17)10-15-8-9-18-14-6-4-3-5-7-14/h3-7,11-12,15H,2,8-10H2,1H3. The number of aryl methyl sites for hydroxylation is 1. The highest BCUT2D eigenvalue weighted by molar-refractivity contribution is 7.99. The lowest BCUT2D eigenvalue weighted by Gasteiger charge is -2.03. The van der Waals surface area contributed by atoms with Crippen molar-refractivity contribution < 1.29 is 0 Å². The molecule has 2 rings (SSSR count). The summed E-state index contributed by atoms with van der Waals surface area (Å²) < 4.78 is 1.95. The first-order valence-electron chi connectivity index (χ1n) is 6.28. The number of nitrogens with zero attached hydrogens (tertiary/aromatic N) is 2. The molecule has 18 heavy (non-hydrogen) atoms. The normalized spacial score (nSPS) is 10.7. The van der Waals surface area contributed by atoms with Gasteiger partial charge in [0.1, 0.15) is 0 Å². The van der Waals surface area contributed by atoms with Crippen LogP contribution in [0.4, 0.5) is 0 Å². The Morgan fingerprint density at radius 1 is 1.28 bits per heavy atom. The van der Waals surface area contributed by atoms with Crippen LogP contribution in [0.5, 0.6) is 0 Å². The molecule has 0 radical (unpaired) electrons. The van der Waals surface area contributed by atoms with Crippen LogP contribution >= 0.6 is 11.8 Å². The highest BCUT2D eigenvalue weighted by Crippen LogP contribution is 2.15. The van der Waals surface area contributed by atoms with Crippen LogP contribution < -0.4 is 5.32 Å². The average Bonchev–Trinajstić information content (AvgIpc) is 2.87. The minimum Gasteiger partial charge on any atom is -0.312 e. The Hall–Kier alpha value is -1.26. The third-order valence-corrected chi connectivity index (χ3v) is 3.64.